The number of benzene rings is 1. The lowest BCUT2D eigenvalue weighted by Gasteiger charge is -2.13. The van der Waals surface area contributed by atoms with Crippen molar-refractivity contribution in [3.63, 3.8) is 0 Å². The van der Waals surface area contributed by atoms with E-state index in [1.165, 1.54) is 23.3 Å². The highest BCUT2D eigenvalue weighted by atomic mass is 16.2. The van der Waals surface area contributed by atoms with E-state index >= 15 is 0 Å². The van der Waals surface area contributed by atoms with Gasteiger partial charge in [0.05, 0.1) is 13.1 Å². The maximum atomic E-state index is 11.9. The van der Waals surface area contributed by atoms with E-state index in [4.69, 9.17) is 0 Å². The van der Waals surface area contributed by atoms with Gasteiger partial charge in [0.2, 0.25) is 0 Å². The van der Waals surface area contributed by atoms with Crippen LogP contribution in [0.25, 0.3) is 0 Å². The van der Waals surface area contributed by atoms with Gasteiger partial charge >= 0.3 is 0 Å². The standard InChI is InChI=1S/C14H20N2O/c1-11-5-6-12(2)13(9-11)15-14(17)10-16-7-3-4-8-16/h5-6,9H,3-4,7-8,10H2,1-2H3,(H,15,17)/p+1. The van der Waals surface area contributed by atoms with Gasteiger partial charge in [-0.1, -0.05) is 12.1 Å². The van der Waals surface area contributed by atoms with E-state index in [9.17, 15) is 4.79 Å². The minimum absolute atomic E-state index is 0.135. The number of carbonyl (C=O) groups excluding carboxylic acids is 1. The number of anilines is 1. The maximum Gasteiger partial charge on any atom is 0.279 e. The Labute approximate surface area is 103 Å². The molecule has 0 aliphatic carbocycles. The first-order valence-corrected chi connectivity index (χ1v) is 6.36. The lowest BCUT2D eigenvalue weighted by Crippen LogP contribution is -3.11. The van der Waals surface area contributed by atoms with Crippen molar-refractivity contribution in [1.82, 2.24) is 0 Å². The van der Waals surface area contributed by atoms with Gasteiger partial charge in [-0.05, 0) is 31.0 Å². The highest BCUT2D eigenvalue weighted by Crippen LogP contribution is 2.15. The zero-order chi connectivity index (χ0) is 12.3. The van der Waals surface area contributed by atoms with Crippen molar-refractivity contribution < 1.29 is 9.69 Å². The smallest absolute Gasteiger partial charge is 0.279 e. The van der Waals surface area contributed by atoms with E-state index in [2.05, 4.69) is 11.4 Å². The van der Waals surface area contributed by atoms with Crippen LogP contribution in [0.3, 0.4) is 0 Å². The molecule has 3 nitrogen and oxygen atoms in total. The Kier molecular flexibility index (Phi) is 3.79. The molecule has 1 saturated heterocycles. The van der Waals surface area contributed by atoms with Crippen molar-refractivity contribution in [2.75, 3.05) is 25.0 Å². The molecule has 1 aliphatic heterocycles. The summed E-state index contributed by atoms with van der Waals surface area (Å²) in [7, 11) is 0. The number of aryl methyl sites for hydroxylation is 2. The van der Waals surface area contributed by atoms with Gasteiger partial charge in [0, 0.05) is 18.5 Å². The summed E-state index contributed by atoms with van der Waals surface area (Å²) in [6.45, 7) is 6.95. The number of carbonyl (C=O) groups is 1. The Bertz CT molecular complexity index is 409. The SMILES string of the molecule is Cc1ccc(C)c(NC(=O)C[NH+]2CCCC2)c1. The Morgan fingerprint density at radius 1 is 1.29 bits per heavy atom. The van der Waals surface area contributed by atoms with Gasteiger partial charge < -0.3 is 10.2 Å². The van der Waals surface area contributed by atoms with Crippen LogP contribution in [-0.4, -0.2) is 25.5 Å². The third-order valence-corrected chi connectivity index (χ3v) is 3.39. The molecule has 0 atom stereocenters. The van der Waals surface area contributed by atoms with E-state index in [0.29, 0.717) is 6.54 Å². The van der Waals surface area contributed by atoms with Crippen molar-refractivity contribution in [2.45, 2.75) is 26.7 Å². The van der Waals surface area contributed by atoms with Crippen LogP contribution >= 0.6 is 0 Å². The summed E-state index contributed by atoms with van der Waals surface area (Å²) >= 11 is 0. The van der Waals surface area contributed by atoms with Crippen molar-refractivity contribution in [1.29, 1.82) is 0 Å². The van der Waals surface area contributed by atoms with Gasteiger partial charge in [-0.2, -0.15) is 0 Å². The molecule has 2 rings (SSSR count). The topological polar surface area (TPSA) is 33.5 Å². The molecule has 17 heavy (non-hydrogen) atoms. The summed E-state index contributed by atoms with van der Waals surface area (Å²) in [5, 5.41) is 3.02. The highest BCUT2D eigenvalue weighted by molar-refractivity contribution is 5.92. The third-order valence-electron chi connectivity index (χ3n) is 3.39. The first-order chi connectivity index (χ1) is 8.15. The van der Waals surface area contributed by atoms with Crippen LogP contribution in [0.5, 0.6) is 0 Å². The number of quaternary nitrogens is 1. The molecule has 0 saturated carbocycles. The van der Waals surface area contributed by atoms with Gasteiger partial charge in [0.15, 0.2) is 6.54 Å². The lowest BCUT2D eigenvalue weighted by molar-refractivity contribution is -0.878. The second kappa shape index (κ2) is 5.32. The van der Waals surface area contributed by atoms with Crippen molar-refractivity contribution in [3.05, 3.63) is 29.3 Å². The molecular formula is C14H21N2O+. The van der Waals surface area contributed by atoms with Crippen LogP contribution in [0, 0.1) is 13.8 Å². The summed E-state index contributed by atoms with van der Waals surface area (Å²) in [6, 6.07) is 6.15. The fourth-order valence-electron chi connectivity index (χ4n) is 2.34. The normalized spacial score (nSPS) is 16.1. The number of likely N-dealkylation sites (tertiary alicyclic amines) is 1. The number of nitrogens with one attached hydrogen (secondary N) is 2. The van der Waals surface area contributed by atoms with E-state index in [1.54, 1.807) is 0 Å². The number of amides is 1. The van der Waals surface area contributed by atoms with Crippen LogP contribution in [0.1, 0.15) is 24.0 Å². The van der Waals surface area contributed by atoms with Crippen LogP contribution < -0.4 is 10.2 Å². The van der Waals surface area contributed by atoms with E-state index in [-0.39, 0.29) is 5.91 Å². The Morgan fingerprint density at radius 2 is 2.00 bits per heavy atom. The zero-order valence-corrected chi connectivity index (χ0v) is 10.7. The molecule has 1 fully saturated rings. The van der Waals surface area contributed by atoms with E-state index in [1.807, 2.05) is 26.0 Å². The molecule has 0 unspecified atom stereocenters. The number of rotatable bonds is 3. The largest absolute Gasteiger partial charge is 0.327 e. The quantitative estimate of drug-likeness (QED) is 0.800. The summed E-state index contributed by atoms with van der Waals surface area (Å²) in [5.41, 5.74) is 3.26. The Balaban J connectivity index is 1.95. The molecule has 92 valence electrons. The predicted molar refractivity (Wildman–Crippen MR) is 69.3 cm³/mol. The minimum atomic E-state index is 0.135. The molecule has 3 heteroatoms. The molecule has 0 bridgehead atoms. The number of hydrogen-bond acceptors (Lipinski definition) is 1. The third kappa shape index (κ3) is 3.30. The molecular weight excluding hydrogens is 212 g/mol. The summed E-state index contributed by atoms with van der Waals surface area (Å²) in [6.07, 6.45) is 2.51. The van der Waals surface area contributed by atoms with Crippen LogP contribution in [0.2, 0.25) is 0 Å². The molecule has 0 aromatic heterocycles. The molecule has 1 heterocycles. The molecule has 0 radical (unpaired) electrons. The summed E-state index contributed by atoms with van der Waals surface area (Å²) in [4.78, 5) is 13.3. The average Bonchev–Trinajstić information content (AvgIpc) is 2.76. The average molecular weight is 233 g/mol. The van der Waals surface area contributed by atoms with Gasteiger partial charge in [-0.15, -0.1) is 0 Å². The minimum Gasteiger partial charge on any atom is -0.327 e. The number of hydrogen-bond donors (Lipinski definition) is 2. The van der Waals surface area contributed by atoms with Crippen molar-refractivity contribution in [2.24, 2.45) is 0 Å². The molecule has 1 aromatic rings. The first-order valence-electron chi connectivity index (χ1n) is 6.36. The Hall–Kier alpha value is -1.35. The zero-order valence-electron chi connectivity index (χ0n) is 10.7. The fraction of sp³-hybridized carbons (Fsp3) is 0.500. The van der Waals surface area contributed by atoms with Crippen LogP contribution in [0.15, 0.2) is 18.2 Å². The maximum absolute atomic E-state index is 11.9. The van der Waals surface area contributed by atoms with Gasteiger partial charge in [-0.3, -0.25) is 4.79 Å². The van der Waals surface area contributed by atoms with Crippen LogP contribution in [-0.2, 0) is 4.79 Å². The Morgan fingerprint density at radius 3 is 2.71 bits per heavy atom. The molecule has 1 aromatic carbocycles. The second-order valence-electron chi connectivity index (χ2n) is 5.00. The highest BCUT2D eigenvalue weighted by Gasteiger charge is 2.18. The van der Waals surface area contributed by atoms with E-state index < -0.39 is 0 Å². The molecule has 1 aliphatic rings. The van der Waals surface area contributed by atoms with E-state index in [0.717, 1.165) is 24.3 Å². The predicted octanol–water partition coefficient (Wildman–Crippen LogP) is 0.921. The van der Waals surface area contributed by atoms with Crippen molar-refractivity contribution in [3.8, 4) is 0 Å². The first kappa shape index (κ1) is 12.1. The van der Waals surface area contributed by atoms with Crippen molar-refractivity contribution >= 4 is 11.6 Å². The second-order valence-corrected chi connectivity index (χ2v) is 5.00. The molecule has 1 amide bonds. The van der Waals surface area contributed by atoms with Gasteiger partial charge in [0.1, 0.15) is 0 Å². The van der Waals surface area contributed by atoms with Gasteiger partial charge in [-0.25, -0.2) is 0 Å². The summed E-state index contributed by atoms with van der Waals surface area (Å²) < 4.78 is 0. The fourth-order valence-corrected chi connectivity index (χ4v) is 2.34. The van der Waals surface area contributed by atoms with Crippen LogP contribution in [0.4, 0.5) is 5.69 Å². The summed E-state index contributed by atoms with van der Waals surface area (Å²) in [5.74, 6) is 0.135. The van der Waals surface area contributed by atoms with Gasteiger partial charge in [0.25, 0.3) is 5.91 Å². The molecule has 2 N–H and O–H groups in total. The lowest BCUT2D eigenvalue weighted by atomic mass is 10.1. The molecule has 0 spiro atoms. The monoisotopic (exact) mass is 233 g/mol.